The molecule has 0 saturated heterocycles. The number of hydrogen-bond donors (Lipinski definition) is 2. The van der Waals surface area contributed by atoms with Gasteiger partial charge in [-0.2, -0.15) is 0 Å². The van der Waals surface area contributed by atoms with Crippen molar-refractivity contribution >= 4 is 56.1 Å². The molecule has 0 spiro atoms. The minimum atomic E-state index is -0.271. The zero-order valence-corrected chi connectivity index (χ0v) is 19.1. The standard InChI is InChI=1S/C24H26N2O2S2/c1-14(2)28-23(27)21-18-12-11-15(3)13-20(18)30-22(21)26-24(29)25-19-10-6-8-16-7-4-5-9-17(16)19/h4-10,14-15H,11-13H2,1-3H3,(H2,25,26,29). The molecule has 1 heterocycles. The van der Waals surface area contributed by atoms with Crippen LogP contribution in [0.3, 0.4) is 0 Å². The van der Waals surface area contributed by atoms with Crippen LogP contribution in [0, 0.1) is 5.92 Å². The van der Waals surface area contributed by atoms with E-state index in [9.17, 15) is 4.79 Å². The molecule has 30 heavy (non-hydrogen) atoms. The van der Waals surface area contributed by atoms with Crippen LogP contribution in [0.4, 0.5) is 10.7 Å². The van der Waals surface area contributed by atoms with Gasteiger partial charge in [-0.25, -0.2) is 4.79 Å². The SMILES string of the molecule is CC1CCc2c(sc(NC(=S)Nc3cccc4ccccc34)c2C(=O)OC(C)C)C1. The Morgan fingerprint density at radius 1 is 1.17 bits per heavy atom. The maximum Gasteiger partial charge on any atom is 0.341 e. The van der Waals surface area contributed by atoms with Gasteiger partial charge in [0, 0.05) is 16.0 Å². The lowest BCUT2D eigenvalue weighted by molar-refractivity contribution is 0.0378. The first kappa shape index (κ1) is 20.8. The summed E-state index contributed by atoms with van der Waals surface area (Å²) < 4.78 is 5.55. The predicted molar refractivity (Wildman–Crippen MR) is 130 cm³/mol. The summed E-state index contributed by atoms with van der Waals surface area (Å²) >= 11 is 7.24. The third-order valence-electron chi connectivity index (χ3n) is 5.32. The van der Waals surface area contributed by atoms with Gasteiger partial charge in [0.2, 0.25) is 0 Å². The molecule has 1 aliphatic rings. The van der Waals surface area contributed by atoms with E-state index in [4.69, 9.17) is 17.0 Å². The zero-order valence-electron chi connectivity index (χ0n) is 17.5. The van der Waals surface area contributed by atoms with E-state index in [0.717, 1.165) is 46.3 Å². The summed E-state index contributed by atoms with van der Waals surface area (Å²) in [5.74, 6) is 0.353. The lowest BCUT2D eigenvalue weighted by atomic mass is 9.88. The van der Waals surface area contributed by atoms with Crippen LogP contribution in [0.15, 0.2) is 42.5 Å². The molecule has 0 fully saturated rings. The number of ether oxygens (including phenoxy) is 1. The van der Waals surface area contributed by atoms with Gasteiger partial charge in [0.05, 0.1) is 11.7 Å². The van der Waals surface area contributed by atoms with Crippen molar-refractivity contribution < 1.29 is 9.53 Å². The maximum atomic E-state index is 12.9. The first-order valence-electron chi connectivity index (χ1n) is 10.3. The number of rotatable bonds is 4. The Morgan fingerprint density at radius 3 is 2.73 bits per heavy atom. The summed E-state index contributed by atoms with van der Waals surface area (Å²) in [6.45, 7) is 6.01. The largest absolute Gasteiger partial charge is 0.459 e. The first-order valence-corrected chi connectivity index (χ1v) is 11.6. The molecule has 1 atom stereocenters. The second-order valence-corrected chi connectivity index (χ2v) is 9.63. The summed E-state index contributed by atoms with van der Waals surface area (Å²) in [7, 11) is 0. The molecule has 0 radical (unpaired) electrons. The fourth-order valence-electron chi connectivity index (χ4n) is 3.92. The highest BCUT2D eigenvalue weighted by molar-refractivity contribution is 7.80. The Labute approximate surface area is 186 Å². The topological polar surface area (TPSA) is 50.4 Å². The number of benzene rings is 2. The number of esters is 1. The van der Waals surface area contributed by atoms with Gasteiger partial charge in [-0.3, -0.25) is 0 Å². The fourth-order valence-corrected chi connectivity index (χ4v) is 5.60. The quantitative estimate of drug-likeness (QED) is 0.365. The van der Waals surface area contributed by atoms with Crippen molar-refractivity contribution in [3.05, 3.63) is 58.5 Å². The van der Waals surface area contributed by atoms with Crippen LogP contribution >= 0.6 is 23.6 Å². The molecule has 4 rings (SSSR count). The summed E-state index contributed by atoms with van der Waals surface area (Å²) in [6.07, 6.45) is 2.82. The third-order valence-corrected chi connectivity index (χ3v) is 6.70. The molecular weight excluding hydrogens is 412 g/mol. The molecule has 3 aromatic rings. The molecule has 1 aliphatic carbocycles. The molecular formula is C24H26N2O2S2. The maximum absolute atomic E-state index is 12.9. The Hall–Kier alpha value is -2.44. The summed E-state index contributed by atoms with van der Waals surface area (Å²) in [5.41, 5.74) is 2.71. The van der Waals surface area contributed by atoms with E-state index in [1.807, 2.05) is 38.1 Å². The van der Waals surface area contributed by atoms with Gasteiger partial charge >= 0.3 is 5.97 Å². The van der Waals surface area contributed by atoms with E-state index in [1.165, 1.54) is 4.88 Å². The Morgan fingerprint density at radius 2 is 1.93 bits per heavy atom. The number of thiocarbonyl (C=S) groups is 1. The molecule has 1 unspecified atom stereocenters. The number of hydrogen-bond acceptors (Lipinski definition) is 4. The van der Waals surface area contributed by atoms with Crippen molar-refractivity contribution in [1.29, 1.82) is 0 Å². The highest BCUT2D eigenvalue weighted by Gasteiger charge is 2.29. The van der Waals surface area contributed by atoms with E-state index < -0.39 is 0 Å². The molecule has 2 aromatic carbocycles. The monoisotopic (exact) mass is 438 g/mol. The van der Waals surface area contributed by atoms with Gasteiger partial charge < -0.3 is 15.4 Å². The van der Waals surface area contributed by atoms with Gasteiger partial charge in [-0.1, -0.05) is 43.3 Å². The summed E-state index contributed by atoms with van der Waals surface area (Å²) in [6, 6.07) is 14.3. The van der Waals surface area contributed by atoms with Crippen molar-refractivity contribution in [2.75, 3.05) is 10.6 Å². The summed E-state index contributed by atoms with van der Waals surface area (Å²) in [4.78, 5) is 14.1. The number of carbonyl (C=O) groups excluding carboxylic acids is 1. The van der Waals surface area contributed by atoms with Gasteiger partial charge in [0.25, 0.3) is 0 Å². The van der Waals surface area contributed by atoms with Crippen LogP contribution in [0.25, 0.3) is 10.8 Å². The second-order valence-electron chi connectivity index (χ2n) is 8.12. The van der Waals surface area contributed by atoms with Crippen LogP contribution in [0.5, 0.6) is 0 Å². The number of nitrogens with one attached hydrogen (secondary N) is 2. The minimum absolute atomic E-state index is 0.163. The smallest absolute Gasteiger partial charge is 0.341 e. The van der Waals surface area contributed by atoms with Crippen LogP contribution in [0.1, 0.15) is 48.0 Å². The highest BCUT2D eigenvalue weighted by Crippen LogP contribution is 2.40. The Bertz CT molecular complexity index is 1100. The van der Waals surface area contributed by atoms with E-state index in [0.29, 0.717) is 16.6 Å². The average Bonchev–Trinajstić information content (AvgIpc) is 3.04. The minimum Gasteiger partial charge on any atom is -0.459 e. The van der Waals surface area contributed by atoms with Crippen LogP contribution < -0.4 is 10.6 Å². The molecule has 0 saturated carbocycles. The first-order chi connectivity index (χ1) is 14.4. The van der Waals surface area contributed by atoms with Crippen molar-refractivity contribution in [3.63, 3.8) is 0 Å². The number of anilines is 2. The number of thiophene rings is 1. The molecule has 6 heteroatoms. The van der Waals surface area contributed by atoms with Gasteiger partial charge in [-0.05, 0) is 68.3 Å². The van der Waals surface area contributed by atoms with Crippen molar-refractivity contribution in [2.45, 2.75) is 46.1 Å². The van der Waals surface area contributed by atoms with E-state index in [2.05, 4.69) is 35.8 Å². The molecule has 156 valence electrons. The van der Waals surface area contributed by atoms with Crippen molar-refractivity contribution in [2.24, 2.45) is 5.92 Å². The molecule has 0 bridgehead atoms. The van der Waals surface area contributed by atoms with Crippen LogP contribution in [-0.4, -0.2) is 17.2 Å². The Kier molecular flexibility index (Phi) is 6.06. The van der Waals surface area contributed by atoms with E-state index in [1.54, 1.807) is 11.3 Å². The molecule has 0 amide bonds. The molecule has 0 aliphatic heterocycles. The van der Waals surface area contributed by atoms with Gasteiger partial charge in [-0.15, -0.1) is 11.3 Å². The van der Waals surface area contributed by atoms with Gasteiger partial charge in [0.15, 0.2) is 5.11 Å². The molecule has 2 N–H and O–H groups in total. The third kappa shape index (κ3) is 4.35. The molecule has 1 aromatic heterocycles. The van der Waals surface area contributed by atoms with E-state index >= 15 is 0 Å². The summed E-state index contributed by atoms with van der Waals surface area (Å²) in [5, 5.41) is 10.1. The van der Waals surface area contributed by atoms with Crippen LogP contribution in [-0.2, 0) is 17.6 Å². The van der Waals surface area contributed by atoms with Crippen molar-refractivity contribution in [3.8, 4) is 0 Å². The van der Waals surface area contributed by atoms with Crippen molar-refractivity contribution in [1.82, 2.24) is 0 Å². The van der Waals surface area contributed by atoms with Crippen LogP contribution in [0.2, 0.25) is 0 Å². The fraction of sp³-hybridized carbons (Fsp3) is 0.333. The zero-order chi connectivity index (χ0) is 21.3. The number of carbonyl (C=O) groups is 1. The average molecular weight is 439 g/mol. The van der Waals surface area contributed by atoms with E-state index in [-0.39, 0.29) is 12.1 Å². The second kappa shape index (κ2) is 8.74. The number of fused-ring (bicyclic) bond motifs is 2. The normalized spacial score (nSPS) is 15.7. The Balaban J connectivity index is 1.62. The van der Waals surface area contributed by atoms with Gasteiger partial charge in [0.1, 0.15) is 5.00 Å². The molecule has 4 nitrogen and oxygen atoms in total. The highest BCUT2D eigenvalue weighted by atomic mass is 32.1. The lowest BCUT2D eigenvalue weighted by Gasteiger charge is -2.19. The predicted octanol–water partition coefficient (Wildman–Crippen LogP) is 6.40. The lowest BCUT2D eigenvalue weighted by Crippen LogP contribution is -2.21.